The molecule has 0 aliphatic rings. The van der Waals surface area contributed by atoms with Gasteiger partial charge in [0.1, 0.15) is 12.0 Å². The SMILES string of the molecule is O=CCCNc1cccc(O)c1. The molecular formula is C9H11NO2. The van der Waals surface area contributed by atoms with E-state index in [1.54, 1.807) is 18.2 Å². The third-order valence-corrected chi connectivity index (χ3v) is 1.44. The predicted octanol–water partition coefficient (Wildman–Crippen LogP) is 1.39. The number of aromatic hydroxyl groups is 1. The van der Waals surface area contributed by atoms with E-state index in [9.17, 15) is 4.79 Å². The summed E-state index contributed by atoms with van der Waals surface area (Å²) in [5.41, 5.74) is 0.830. The van der Waals surface area contributed by atoms with Crippen molar-refractivity contribution in [3.8, 4) is 5.75 Å². The lowest BCUT2D eigenvalue weighted by Crippen LogP contribution is -2.00. The summed E-state index contributed by atoms with van der Waals surface area (Å²) in [5.74, 6) is 0.228. The molecule has 2 N–H and O–H groups in total. The van der Waals surface area contributed by atoms with E-state index in [4.69, 9.17) is 5.11 Å². The van der Waals surface area contributed by atoms with Crippen LogP contribution in [0.25, 0.3) is 0 Å². The number of hydrogen-bond donors (Lipinski definition) is 2. The van der Waals surface area contributed by atoms with Crippen molar-refractivity contribution in [1.82, 2.24) is 0 Å². The van der Waals surface area contributed by atoms with E-state index in [-0.39, 0.29) is 5.75 Å². The molecule has 3 nitrogen and oxygen atoms in total. The fourth-order valence-electron chi connectivity index (χ4n) is 0.891. The number of hydrogen-bond acceptors (Lipinski definition) is 3. The van der Waals surface area contributed by atoms with Crippen molar-refractivity contribution in [3.05, 3.63) is 24.3 Å². The number of carbonyl (C=O) groups is 1. The Bertz CT molecular complexity index is 260. The quantitative estimate of drug-likeness (QED) is 0.523. The number of anilines is 1. The van der Waals surface area contributed by atoms with E-state index >= 15 is 0 Å². The highest BCUT2D eigenvalue weighted by atomic mass is 16.3. The maximum absolute atomic E-state index is 9.97. The number of rotatable bonds is 4. The Hall–Kier alpha value is -1.51. The van der Waals surface area contributed by atoms with Gasteiger partial charge in [0.2, 0.25) is 0 Å². The molecule has 0 fully saturated rings. The molecule has 0 radical (unpaired) electrons. The van der Waals surface area contributed by atoms with Crippen LogP contribution in [0.3, 0.4) is 0 Å². The first kappa shape index (κ1) is 8.59. The zero-order valence-corrected chi connectivity index (χ0v) is 6.66. The van der Waals surface area contributed by atoms with Crippen molar-refractivity contribution in [2.75, 3.05) is 11.9 Å². The van der Waals surface area contributed by atoms with Crippen molar-refractivity contribution in [3.63, 3.8) is 0 Å². The number of phenols is 1. The van der Waals surface area contributed by atoms with Crippen LogP contribution in [0.4, 0.5) is 5.69 Å². The Labute approximate surface area is 71.0 Å². The first-order chi connectivity index (χ1) is 5.83. The van der Waals surface area contributed by atoms with E-state index in [1.807, 2.05) is 6.07 Å². The minimum atomic E-state index is 0.228. The Balaban J connectivity index is 2.46. The summed E-state index contributed by atoms with van der Waals surface area (Å²) < 4.78 is 0. The Morgan fingerprint density at radius 3 is 3.00 bits per heavy atom. The maximum atomic E-state index is 9.97. The van der Waals surface area contributed by atoms with E-state index in [1.165, 1.54) is 0 Å². The van der Waals surface area contributed by atoms with Crippen LogP contribution in [-0.2, 0) is 4.79 Å². The van der Waals surface area contributed by atoms with E-state index in [0.29, 0.717) is 13.0 Å². The average molecular weight is 165 g/mol. The van der Waals surface area contributed by atoms with Crippen LogP contribution in [0, 0.1) is 0 Å². The highest BCUT2D eigenvalue weighted by molar-refractivity contribution is 5.52. The first-order valence-electron chi connectivity index (χ1n) is 3.79. The fraction of sp³-hybridized carbons (Fsp3) is 0.222. The van der Waals surface area contributed by atoms with Crippen LogP contribution in [0.2, 0.25) is 0 Å². The Kier molecular flexibility index (Phi) is 3.14. The topological polar surface area (TPSA) is 49.3 Å². The molecule has 0 spiro atoms. The highest BCUT2D eigenvalue weighted by Gasteiger charge is 1.91. The standard InChI is InChI=1S/C9H11NO2/c11-6-2-5-10-8-3-1-4-9(12)7-8/h1,3-4,6-7,10,12H,2,5H2. The first-order valence-corrected chi connectivity index (χ1v) is 3.79. The summed E-state index contributed by atoms with van der Waals surface area (Å²) in [7, 11) is 0. The van der Waals surface area contributed by atoms with Crippen molar-refractivity contribution in [2.45, 2.75) is 6.42 Å². The van der Waals surface area contributed by atoms with Crippen LogP contribution in [0.15, 0.2) is 24.3 Å². The molecule has 0 aromatic heterocycles. The lowest BCUT2D eigenvalue weighted by atomic mass is 10.3. The van der Waals surface area contributed by atoms with Crippen molar-refractivity contribution < 1.29 is 9.90 Å². The monoisotopic (exact) mass is 165 g/mol. The second-order valence-corrected chi connectivity index (χ2v) is 2.43. The zero-order valence-electron chi connectivity index (χ0n) is 6.66. The van der Waals surface area contributed by atoms with Gasteiger partial charge < -0.3 is 15.2 Å². The van der Waals surface area contributed by atoms with Crippen molar-refractivity contribution in [1.29, 1.82) is 0 Å². The van der Waals surface area contributed by atoms with Gasteiger partial charge >= 0.3 is 0 Å². The van der Waals surface area contributed by atoms with Crippen LogP contribution in [0.1, 0.15) is 6.42 Å². The molecule has 0 unspecified atom stereocenters. The molecule has 0 atom stereocenters. The molecule has 0 saturated carbocycles. The minimum Gasteiger partial charge on any atom is -0.508 e. The summed E-state index contributed by atoms with van der Waals surface area (Å²) in [6.07, 6.45) is 1.34. The summed E-state index contributed by atoms with van der Waals surface area (Å²) in [4.78, 5) is 9.97. The molecule has 1 rings (SSSR count). The van der Waals surface area contributed by atoms with Crippen LogP contribution in [0.5, 0.6) is 5.75 Å². The average Bonchev–Trinajstić information content (AvgIpc) is 2.05. The largest absolute Gasteiger partial charge is 0.508 e. The van der Waals surface area contributed by atoms with Gasteiger partial charge in [-0.1, -0.05) is 6.07 Å². The minimum absolute atomic E-state index is 0.228. The van der Waals surface area contributed by atoms with Gasteiger partial charge in [-0.2, -0.15) is 0 Å². The second kappa shape index (κ2) is 4.38. The second-order valence-electron chi connectivity index (χ2n) is 2.43. The molecule has 0 amide bonds. The zero-order chi connectivity index (χ0) is 8.81. The summed E-state index contributed by atoms with van der Waals surface area (Å²) >= 11 is 0. The molecule has 1 aromatic carbocycles. The van der Waals surface area contributed by atoms with Gasteiger partial charge in [-0.05, 0) is 12.1 Å². The Morgan fingerprint density at radius 2 is 2.33 bits per heavy atom. The van der Waals surface area contributed by atoms with Crippen LogP contribution in [-0.4, -0.2) is 17.9 Å². The molecule has 3 heteroatoms. The van der Waals surface area contributed by atoms with Crippen LogP contribution < -0.4 is 5.32 Å². The molecular weight excluding hydrogens is 154 g/mol. The summed E-state index contributed by atoms with van der Waals surface area (Å²) in [6.45, 7) is 0.604. The van der Waals surface area contributed by atoms with E-state index < -0.39 is 0 Å². The molecule has 0 heterocycles. The van der Waals surface area contributed by atoms with Gasteiger partial charge in [-0.3, -0.25) is 0 Å². The summed E-state index contributed by atoms with van der Waals surface area (Å²) in [5, 5.41) is 12.1. The molecule has 1 aromatic rings. The number of nitrogens with one attached hydrogen (secondary N) is 1. The Morgan fingerprint density at radius 1 is 1.50 bits per heavy atom. The van der Waals surface area contributed by atoms with Crippen molar-refractivity contribution in [2.24, 2.45) is 0 Å². The number of benzene rings is 1. The predicted molar refractivity (Wildman–Crippen MR) is 47.3 cm³/mol. The highest BCUT2D eigenvalue weighted by Crippen LogP contribution is 2.14. The lowest BCUT2D eigenvalue weighted by molar-refractivity contribution is -0.107. The lowest BCUT2D eigenvalue weighted by Gasteiger charge is -2.03. The third-order valence-electron chi connectivity index (χ3n) is 1.44. The van der Waals surface area contributed by atoms with Crippen LogP contribution >= 0.6 is 0 Å². The van der Waals surface area contributed by atoms with Gasteiger partial charge in [0, 0.05) is 24.7 Å². The molecule has 12 heavy (non-hydrogen) atoms. The summed E-state index contributed by atoms with van der Waals surface area (Å²) in [6, 6.07) is 6.80. The number of carbonyl (C=O) groups excluding carboxylic acids is 1. The van der Waals surface area contributed by atoms with Gasteiger partial charge in [-0.25, -0.2) is 0 Å². The van der Waals surface area contributed by atoms with E-state index in [2.05, 4.69) is 5.32 Å². The van der Waals surface area contributed by atoms with Crippen molar-refractivity contribution >= 4 is 12.0 Å². The van der Waals surface area contributed by atoms with E-state index in [0.717, 1.165) is 12.0 Å². The molecule has 64 valence electrons. The smallest absolute Gasteiger partial charge is 0.121 e. The number of phenolic OH excluding ortho intramolecular Hbond substituents is 1. The van der Waals surface area contributed by atoms with Gasteiger partial charge in [0.05, 0.1) is 0 Å². The fourth-order valence-corrected chi connectivity index (χ4v) is 0.891. The normalized spacial score (nSPS) is 9.33. The molecule has 0 saturated heterocycles. The van der Waals surface area contributed by atoms with Gasteiger partial charge in [0.15, 0.2) is 0 Å². The van der Waals surface area contributed by atoms with Gasteiger partial charge in [0.25, 0.3) is 0 Å². The maximum Gasteiger partial charge on any atom is 0.121 e. The van der Waals surface area contributed by atoms with Gasteiger partial charge in [-0.15, -0.1) is 0 Å². The molecule has 0 bridgehead atoms. The number of aldehydes is 1. The molecule has 0 aliphatic carbocycles. The third kappa shape index (κ3) is 2.62. The molecule has 0 aliphatic heterocycles.